The van der Waals surface area contributed by atoms with E-state index in [0.717, 1.165) is 33.2 Å². The van der Waals surface area contributed by atoms with Gasteiger partial charge in [-0.25, -0.2) is 0 Å². The lowest BCUT2D eigenvalue weighted by atomic mass is 9.91. The summed E-state index contributed by atoms with van der Waals surface area (Å²) in [6.07, 6.45) is 0. The Morgan fingerprint density at radius 1 is 0.556 bits per heavy atom. The molecule has 0 spiro atoms. The van der Waals surface area contributed by atoms with Gasteiger partial charge in [-0.3, -0.25) is 0 Å². The number of aryl methyl sites for hydroxylation is 2. The minimum absolute atomic E-state index is 0.962. The van der Waals surface area contributed by atoms with Gasteiger partial charge in [-0.2, -0.15) is 17.5 Å². The highest BCUT2D eigenvalue weighted by Gasteiger charge is 2.20. The van der Waals surface area contributed by atoms with Crippen LogP contribution in [0.1, 0.15) is 11.1 Å². The third-order valence-electron chi connectivity index (χ3n) is 7.19. The average Bonchev–Trinajstić information content (AvgIpc) is 3.69. The lowest BCUT2D eigenvalue weighted by molar-refractivity contribution is 1.56. The van der Waals surface area contributed by atoms with Crippen LogP contribution in [0.25, 0.3) is 75.3 Å². The molecule has 4 nitrogen and oxygen atoms in total. The zero-order valence-corrected chi connectivity index (χ0v) is 22.5. The van der Waals surface area contributed by atoms with Crippen LogP contribution < -0.4 is 0 Å². The molecule has 0 aliphatic carbocycles. The van der Waals surface area contributed by atoms with Crippen LogP contribution >= 0.6 is 46.1 Å². The summed E-state index contributed by atoms with van der Waals surface area (Å²) >= 11 is 6.18. The van der Waals surface area contributed by atoms with Gasteiger partial charge in [0.1, 0.15) is 22.1 Å². The van der Waals surface area contributed by atoms with Gasteiger partial charge in [0.05, 0.1) is 23.5 Å². The maximum atomic E-state index is 4.61. The second kappa shape index (κ2) is 7.60. The van der Waals surface area contributed by atoms with E-state index in [-0.39, 0.29) is 0 Å². The van der Waals surface area contributed by atoms with Crippen molar-refractivity contribution in [3.05, 3.63) is 70.4 Å². The van der Waals surface area contributed by atoms with Crippen molar-refractivity contribution in [2.24, 2.45) is 0 Å². The number of benzene rings is 4. The molecule has 0 aliphatic rings. The zero-order chi connectivity index (χ0) is 24.0. The van der Waals surface area contributed by atoms with Crippen LogP contribution in [0.2, 0.25) is 0 Å². The zero-order valence-electron chi connectivity index (χ0n) is 19.2. The van der Waals surface area contributed by atoms with Gasteiger partial charge in [0, 0.05) is 42.4 Å². The fourth-order valence-corrected chi connectivity index (χ4v) is 8.69. The predicted octanol–water partition coefficient (Wildman–Crippen LogP) is 9.23. The second-order valence-corrected chi connectivity index (χ2v) is 11.9. The van der Waals surface area contributed by atoms with Crippen molar-refractivity contribution in [1.82, 2.24) is 17.5 Å². The number of aromatic nitrogens is 4. The van der Waals surface area contributed by atoms with Crippen molar-refractivity contribution in [3.8, 4) is 22.3 Å². The SMILES string of the molecule is Cc1c2cc3scc(-c4cccc5nsnc45)c3c(C)c2cc2scc(-c3cccc4nsnc34)c12. The number of fused-ring (bicyclic) bond motifs is 5. The van der Waals surface area contributed by atoms with E-state index in [1.807, 2.05) is 34.8 Å². The van der Waals surface area contributed by atoms with Gasteiger partial charge in [0.25, 0.3) is 0 Å². The largest absolute Gasteiger partial charge is 0.173 e. The molecule has 0 N–H and O–H groups in total. The molecule has 0 aliphatic heterocycles. The van der Waals surface area contributed by atoms with Gasteiger partial charge < -0.3 is 0 Å². The van der Waals surface area contributed by atoms with Crippen LogP contribution in [0.4, 0.5) is 0 Å². The molecule has 8 rings (SSSR count). The van der Waals surface area contributed by atoms with E-state index in [0.29, 0.717) is 0 Å². The van der Waals surface area contributed by atoms with Crippen LogP contribution in [0.5, 0.6) is 0 Å². The molecule has 4 aromatic heterocycles. The van der Waals surface area contributed by atoms with Crippen LogP contribution in [0.3, 0.4) is 0 Å². The topological polar surface area (TPSA) is 51.6 Å². The molecule has 0 unspecified atom stereocenters. The summed E-state index contributed by atoms with van der Waals surface area (Å²) in [5.41, 5.74) is 11.4. The van der Waals surface area contributed by atoms with Crippen molar-refractivity contribution >= 4 is 99.1 Å². The van der Waals surface area contributed by atoms with Crippen LogP contribution in [0.15, 0.2) is 59.3 Å². The van der Waals surface area contributed by atoms with Gasteiger partial charge in [0.2, 0.25) is 0 Å². The highest BCUT2D eigenvalue weighted by molar-refractivity contribution is 7.18. The van der Waals surface area contributed by atoms with E-state index in [2.05, 4.69) is 78.5 Å². The first-order valence-corrected chi connectivity index (χ1v) is 14.7. The molecule has 0 fully saturated rings. The predicted molar refractivity (Wildman–Crippen MR) is 157 cm³/mol. The average molecular weight is 537 g/mol. The van der Waals surface area contributed by atoms with Crippen molar-refractivity contribution in [3.63, 3.8) is 0 Å². The Morgan fingerprint density at radius 3 is 1.50 bits per heavy atom. The van der Waals surface area contributed by atoms with Gasteiger partial charge >= 0.3 is 0 Å². The minimum atomic E-state index is 0.962. The Hall–Kier alpha value is -3.30. The molecular weight excluding hydrogens is 521 g/mol. The van der Waals surface area contributed by atoms with Crippen molar-refractivity contribution < 1.29 is 0 Å². The molecule has 36 heavy (non-hydrogen) atoms. The molecule has 172 valence electrons. The Bertz CT molecular complexity index is 1990. The first-order chi connectivity index (χ1) is 17.7. The van der Waals surface area contributed by atoms with Gasteiger partial charge in [-0.15, -0.1) is 22.7 Å². The quantitative estimate of drug-likeness (QED) is 0.221. The Labute approximate surface area is 222 Å². The van der Waals surface area contributed by atoms with E-state index in [1.165, 1.54) is 76.7 Å². The summed E-state index contributed by atoms with van der Waals surface area (Å²) in [5, 5.41) is 9.84. The molecule has 0 atom stereocenters. The van der Waals surface area contributed by atoms with Gasteiger partial charge in [0.15, 0.2) is 0 Å². The molecule has 0 amide bonds. The van der Waals surface area contributed by atoms with Crippen LogP contribution in [-0.2, 0) is 0 Å². The standard InChI is InChI=1S/C28H16N4S4/c1-13-17-9-24-26(20(12-34-24)16-6-4-8-22-28(16)32-36-30-22)14(2)18(17)10-23-25(13)19(11-33-23)15-5-3-7-21-27(15)31-35-29-21/h3-12H,1-2H3. The normalized spacial score (nSPS) is 12.2. The summed E-state index contributed by atoms with van der Waals surface area (Å²) < 4.78 is 20.7. The lowest BCUT2D eigenvalue weighted by Gasteiger charge is -2.12. The van der Waals surface area contributed by atoms with E-state index in [9.17, 15) is 0 Å². The summed E-state index contributed by atoms with van der Waals surface area (Å²) in [6, 6.07) is 17.3. The molecule has 8 heteroatoms. The molecule has 4 heterocycles. The van der Waals surface area contributed by atoms with Gasteiger partial charge in [-0.05, 0) is 70.8 Å². The summed E-state index contributed by atoms with van der Waals surface area (Å²) in [6.45, 7) is 4.53. The number of hydrogen-bond donors (Lipinski definition) is 0. The smallest absolute Gasteiger partial charge is 0.112 e. The molecule has 0 bridgehead atoms. The minimum Gasteiger partial charge on any atom is -0.173 e. The maximum absolute atomic E-state index is 4.61. The highest BCUT2D eigenvalue weighted by Crippen LogP contribution is 2.46. The van der Waals surface area contributed by atoms with Crippen molar-refractivity contribution in [2.45, 2.75) is 13.8 Å². The Morgan fingerprint density at radius 2 is 1.03 bits per heavy atom. The molecule has 0 radical (unpaired) electrons. The summed E-state index contributed by atoms with van der Waals surface area (Å²) in [5.74, 6) is 0. The molecule has 8 aromatic rings. The second-order valence-electron chi connectivity index (χ2n) is 9.02. The fraction of sp³-hybridized carbons (Fsp3) is 0.0714. The monoisotopic (exact) mass is 536 g/mol. The summed E-state index contributed by atoms with van der Waals surface area (Å²) in [7, 11) is 0. The van der Waals surface area contributed by atoms with E-state index in [1.54, 1.807) is 0 Å². The highest BCUT2D eigenvalue weighted by atomic mass is 32.1. The maximum Gasteiger partial charge on any atom is 0.112 e. The molecule has 0 saturated carbocycles. The molecule has 0 saturated heterocycles. The van der Waals surface area contributed by atoms with Crippen molar-refractivity contribution in [1.29, 1.82) is 0 Å². The summed E-state index contributed by atoms with van der Waals surface area (Å²) in [4.78, 5) is 0. The third kappa shape index (κ3) is 2.78. The lowest BCUT2D eigenvalue weighted by Crippen LogP contribution is -1.88. The number of thiophene rings is 2. The number of hydrogen-bond acceptors (Lipinski definition) is 8. The first kappa shape index (κ1) is 20.8. The fourth-order valence-electron chi connectivity index (χ4n) is 5.48. The molecule has 4 aromatic carbocycles. The molecular formula is C28H16N4S4. The number of rotatable bonds is 2. The van der Waals surface area contributed by atoms with E-state index < -0.39 is 0 Å². The Kier molecular flexibility index (Phi) is 4.40. The van der Waals surface area contributed by atoms with Crippen molar-refractivity contribution in [2.75, 3.05) is 0 Å². The first-order valence-electron chi connectivity index (χ1n) is 11.5. The van der Waals surface area contributed by atoms with Crippen LogP contribution in [0, 0.1) is 13.8 Å². The third-order valence-corrected chi connectivity index (χ3v) is 10.1. The van der Waals surface area contributed by atoms with Crippen LogP contribution in [-0.4, -0.2) is 17.5 Å². The van der Waals surface area contributed by atoms with E-state index >= 15 is 0 Å². The Balaban J connectivity index is 1.43. The number of nitrogens with zero attached hydrogens (tertiary/aromatic N) is 4. The van der Waals surface area contributed by atoms with Gasteiger partial charge in [-0.1, -0.05) is 24.3 Å². The van der Waals surface area contributed by atoms with E-state index in [4.69, 9.17) is 0 Å².